The third kappa shape index (κ3) is 1.63. The first kappa shape index (κ1) is 8.11. The molecule has 0 amide bonds. The van der Waals surface area contributed by atoms with Gasteiger partial charge in [0.15, 0.2) is 0 Å². The van der Waals surface area contributed by atoms with Crippen LogP contribution >= 0.6 is 15.9 Å². The molecular formula is C10H11BrN. The van der Waals surface area contributed by atoms with Gasteiger partial charge in [-0.1, -0.05) is 22.0 Å². The molecule has 2 rings (SSSR count). The molecule has 0 saturated carbocycles. The maximum atomic E-state index is 3.43. The molecule has 1 nitrogen and oxygen atoms in total. The van der Waals surface area contributed by atoms with Crippen molar-refractivity contribution in [3.63, 3.8) is 0 Å². The lowest BCUT2D eigenvalue weighted by Crippen LogP contribution is -2.17. The highest BCUT2D eigenvalue weighted by Gasteiger charge is 2.11. The van der Waals surface area contributed by atoms with E-state index in [1.807, 2.05) is 6.07 Å². The first-order valence-corrected chi connectivity index (χ1v) is 5.08. The molecule has 1 fully saturated rings. The van der Waals surface area contributed by atoms with E-state index in [4.69, 9.17) is 0 Å². The average molecular weight is 225 g/mol. The monoisotopic (exact) mass is 224 g/mol. The first-order valence-electron chi connectivity index (χ1n) is 4.28. The predicted octanol–water partition coefficient (Wildman–Crippen LogP) is 2.85. The summed E-state index contributed by atoms with van der Waals surface area (Å²) in [6.45, 7) is 2.41. The highest BCUT2D eigenvalue weighted by molar-refractivity contribution is 9.10. The molecular weight excluding hydrogens is 214 g/mol. The Morgan fingerprint density at radius 3 is 2.75 bits per heavy atom. The van der Waals surface area contributed by atoms with E-state index >= 15 is 0 Å². The van der Waals surface area contributed by atoms with Crippen LogP contribution in [0.15, 0.2) is 22.7 Å². The third-order valence-corrected chi connectivity index (χ3v) is 2.68. The zero-order valence-electron chi connectivity index (χ0n) is 6.89. The molecule has 0 N–H and O–H groups in total. The van der Waals surface area contributed by atoms with E-state index in [9.17, 15) is 0 Å². The third-order valence-electron chi connectivity index (χ3n) is 2.22. The molecule has 0 bridgehead atoms. The molecule has 0 unspecified atom stereocenters. The largest absolute Gasteiger partial charge is 0.372 e. The molecule has 0 atom stereocenters. The van der Waals surface area contributed by atoms with Gasteiger partial charge in [0.1, 0.15) is 0 Å². The number of nitrogens with zero attached hydrogens (tertiary/aromatic N) is 1. The molecule has 1 aliphatic heterocycles. The van der Waals surface area contributed by atoms with Crippen LogP contribution in [0.4, 0.5) is 5.69 Å². The summed E-state index contributed by atoms with van der Waals surface area (Å²) in [6.07, 6.45) is 2.66. The van der Waals surface area contributed by atoms with E-state index in [1.54, 1.807) is 0 Å². The number of halogens is 1. The van der Waals surface area contributed by atoms with Gasteiger partial charge in [-0.25, -0.2) is 0 Å². The Bertz CT molecular complexity index is 266. The molecule has 2 heteroatoms. The number of rotatable bonds is 1. The van der Waals surface area contributed by atoms with Crippen molar-refractivity contribution in [2.75, 3.05) is 18.0 Å². The number of anilines is 1. The number of benzene rings is 1. The van der Waals surface area contributed by atoms with Crippen molar-refractivity contribution >= 4 is 21.6 Å². The van der Waals surface area contributed by atoms with Crippen LogP contribution in [0.3, 0.4) is 0 Å². The van der Waals surface area contributed by atoms with Gasteiger partial charge in [-0.3, -0.25) is 0 Å². The molecule has 1 radical (unpaired) electrons. The molecule has 0 aliphatic carbocycles. The summed E-state index contributed by atoms with van der Waals surface area (Å²) in [7, 11) is 0. The summed E-state index contributed by atoms with van der Waals surface area (Å²) in [5.41, 5.74) is 1.32. The summed E-state index contributed by atoms with van der Waals surface area (Å²) in [5.74, 6) is 0. The van der Waals surface area contributed by atoms with Gasteiger partial charge in [-0.2, -0.15) is 0 Å². The van der Waals surface area contributed by atoms with Crippen molar-refractivity contribution in [3.8, 4) is 0 Å². The zero-order chi connectivity index (χ0) is 8.39. The molecule has 1 aromatic carbocycles. The summed E-state index contributed by atoms with van der Waals surface area (Å²) >= 11 is 3.43. The van der Waals surface area contributed by atoms with E-state index in [0.717, 1.165) is 4.47 Å². The van der Waals surface area contributed by atoms with E-state index in [1.165, 1.54) is 31.6 Å². The van der Waals surface area contributed by atoms with Crippen LogP contribution in [0.5, 0.6) is 0 Å². The zero-order valence-corrected chi connectivity index (χ0v) is 8.47. The Morgan fingerprint density at radius 1 is 1.33 bits per heavy atom. The lowest BCUT2D eigenvalue weighted by molar-refractivity contribution is 0.949. The van der Waals surface area contributed by atoms with E-state index < -0.39 is 0 Å². The second kappa shape index (κ2) is 3.48. The van der Waals surface area contributed by atoms with Crippen molar-refractivity contribution in [1.82, 2.24) is 0 Å². The summed E-state index contributed by atoms with van der Waals surface area (Å²) in [4.78, 5) is 2.42. The topological polar surface area (TPSA) is 3.24 Å². The molecule has 1 aliphatic rings. The van der Waals surface area contributed by atoms with Crippen LogP contribution in [0.2, 0.25) is 0 Å². The standard InChI is InChI=1S/C10H11BrN/c11-9-4-3-5-10(8-9)12-6-1-2-7-12/h3,5,8H,1-2,6-7H2. The maximum Gasteiger partial charge on any atom is 0.0377 e. The van der Waals surface area contributed by atoms with Gasteiger partial charge in [0.05, 0.1) is 0 Å². The number of hydrogen-bond donors (Lipinski definition) is 0. The lowest BCUT2D eigenvalue weighted by atomic mass is 10.3. The SMILES string of the molecule is Brc1[c]ccc(N2CCCC2)c1. The van der Waals surface area contributed by atoms with Crippen LogP contribution < -0.4 is 4.90 Å². The maximum absolute atomic E-state index is 3.43. The summed E-state index contributed by atoms with van der Waals surface area (Å²) < 4.78 is 1.05. The highest BCUT2D eigenvalue weighted by Crippen LogP contribution is 2.22. The Balaban J connectivity index is 2.21. The van der Waals surface area contributed by atoms with Crippen molar-refractivity contribution < 1.29 is 0 Å². The predicted molar refractivity (Wildman–Crippen MR) is 54.4 cm³/mol. The number of hydrogen-bond acceptors (Lipinski definition) is 1. The van der Waals surface area contributed by atoms with Crippen LogP contribution in [0.1, 0.15) is 12.8 Å². The van der Waals surface area contributed by atoms with Gasteiger partial charge >= 0.3 is 0 Å². The van der Waals surface area contributed by atoms with Crippen molar-refractivity contribution in [2.24, 2.45) is 0 Å². The molecule has 0 aromatic heterocycles. The van der Waals surface area contributed by atoms with Gasteiger partial charge in [-0.15, -0.1) is 0 Å². The van der Waals surface area contributed by atoms with Crippen LogP contribution in [-0.2, 0) is 0 Å². The summed E-state index contributed by atoms with van der Waals surface area (Å²) in [5, 5.41) is 0. The quantitative estimate of drug-likeness (QED) is 0.710. The normalized spacial score (nSPS) is 16.9. The van der Waals surface area contributed by atoms with Crippen molar-refractivity contribution in [2.45, 2.75) is 12.8 Å². The van der Waals surface area contributed by atoms with Gasteiger partial charge < -0.3 is 4.90 Å². The van der Waals surface area contributed by atoms with Gasteiger partial charge in [0.2, 0.25) is 0 Å². The Hall–Kier alpha value is -0.500. The molecule has 1 saturated heterocycles. The molecule has 0 spiro atoms. The van der Waals surface area contributed by atoms with E-state index in [-0.39, 0.29) is 0 Å². The van der Waals surface area contributed by atoms with E-state index in [0.29, 0.717) is 0 Å². The van der Waals surface area contributed by atoms with Gasteiger partial charge in [0, 0.05) is 23.2 Å². The fourth-order valence-electron chi connectivity index (χ4n) is 1.60. The Kier molecular flexibility index (Phi) is 2.35. The minimum absolute atomic E-state index is 1.05. The fourth-order valence-corrected chi connectivity index (χ4v) is 1.97. The van der Waals surface area contributed by atoms with E-state index in [2.05, 4.69) is 39.0 Å². The average Bonchev–Trinajstić information content (AvgIpc) is 2.56. The molecule has 1 heterocycles. The second-order valence-corrected chi connectivity index (χ2v) is 3.94. The van der Waals surface area contributed by atoms with Crippen LogP contribution in [0, 0.1) is 6.07 Å². The van der Waals surface area contributed by atoms with Crippen molar-refractivity contribution in [1.29, 1.82) is 0 Å². The Morgan fingerprint density at radius 2 is 2.08 bits per heavy atom. The smallest absolute Gasteiger partial charge is 0.0377 e. The fraction of sp³-hybridized carbons (Fsp3) is 0.400. The minimum atomic E-state index is 1.05. The minimum Gasteiger partial charge on any atom is -0.372 e. The van der Waals surface area contributed by atoms with Crippen LogP contribution in [0.25, 0.3) is 0 Å². The second-order valence-electron chi connectivity index (χ2n) is 3.09. The molecule has 63 valence electrons. The molecule has 1 aromatic rings. The van der Waals surface area contributed by atoms with Gasteiger partial charge in [-0.05, 0) is 31.0 Å². The van der Waals surface area contributed by atoms with Crippen LogP contribution in [-0.4, -0.2) is 13.1 Å². The Labute approximate surface area is 81.5 Å². The van der Waals surface area contributed by atoms with Gasteiger partial charge in [0.25, 0.3) is 0 Å². The lowest BCUT2D eigenvalue weighted by Gasteiger charge is -2.17. The van der Waals surface area contributed by atoms with Crippen molar-refractivity contribution in [3.05, 3.63) is 28.7 Å². The molecule has 12 heavy (non-hydrogen) atoms. The first-order chi connectivity index (χ1) is 5.86. The highest BCUT2D eigenvalue weighted by atomic mass is 79.9. The summed E-state index contributed by atoms with van der Waals surface area (Å²) in [6, 6.07) is 9.31.